The van der Waals surface area contributed by atoms with Gasteiger partial charge in [0, 0.05) is 10.5 Å². The largest absolute Gasteiger partial charge is 0.494 e. The van der Waals surface area contributed by atoms with E-state index in [4.69, 9.17) is 4.74 Å². The van der Waals surface area contributed by atoms with E-state index in [0.717, 1.165) is 24.8 Å². The minimum atomic E-state index is 0.724. The van der Waals surface area contributed by atoms with Crippen LogP contribution in [0.15, 0.2) is 16.6 Å². The molecule has 1 heterocycles. The number of hydrogen-bond acceptors (Lipinski definition) is 2. The van der Waals surface area contributed by atoms with E-state index in [9.17, 15) is 0 Å². The lowest BCUT2D eigenvalue weighted by atomic mass is 10.1. The van der Waals surface area contributed by atoms with Crippen molar-refractivity contribution in [3.8, 4) is 5.75 Å². The Kier molecular flexibility index (Phi) is 5.07. The van der Waals surface area contributed by atoms with Gasteiger partial charge in [0.2, 0.25) is 0 Å². The molecule has 2 nitrogen and oxygen atoms in total. The number of nitrogens with one attached hydrogen (secondary N) is 1. The van der Waals surface area contributed by atoms with Crippen LogP contribution in [0.5, 0.6) is 5.75 Å². The first-order chi connectivity index (χ1) is 8.66. The van der Waals surface area contributed by atoms with Gasteiger partial charge in [-0.1, -0.05) is 15.9 Å². The summed E-state index contributed by atoms with van der Waals surface area (Å²) in [5, 5.41) is 3.52. The highest BCUT2D eigenvalue weighted by molar-refractivity contribution is 9.10. The average molecular weight is 312 g/mol. The first-order valence-electron chi connectivity index (χ1n) is 6.80. The molecule has 1 aliphatic heterocycles. The molecule has 1 atom stereocenters. The van der Waals surface area contributed by atoms with Crippen molar-refractivity contribution in [1.29, 1.82) is 0 Å². The molecule has 1 aromatic carbocycles. The highest BCUT2D eigenvalue weighted by Crippen LogP contribution is 2.26. The fraction of sp³-hybridized carbons (Fsp3) is 0.600. The maximum atomic E-state index is 5.83. The highest BCUT2D eigenvalue weighted by Gasteiger charge is 2.13. The van der Waals surface area contributed by atoms with E-state index in [0.29, 0.717) is 0 Å². The number of halogens is 1. The topological polar surface area (TPSA) is 21.3 Å². The van der Waals surface area contributed by atoms with Crippen molar-refractivity contribution in [1.82, 2.24) is 5.32 Å². The van der Waals surface area contributed by atoms with Crippen molar-refractivity contribution in [2.75, 3.05) is 13.2 Å². The molecule has 3 heteroatoms. The summed E-state index contributed by atoms with van der Waals surface area (Å²) in [4.78, 5) is 0. The molecule has 1 fully saturated rings. The fourth-order valence-electron chi connectivity index (χ4n) is 2.51. The van der Waals surface area contributed by atoms with Gasteiger partial charge in [0.1, 0.15) is 5.75 Å². The number of aryl methyl sites for hydroxylation is 2. The number of rotatable bonds is 5. The van der Waals surface area contributed by atoms with Crippen molar-refractivity contribution in [3.63, 3.8) is 0 Å². The lowest BCUT2D eigenvalue weighted by molar-refractivity contribution is 0.298. The van der Waals surface area contributed by atoms with Crippen LogP contribution in [-0.4, -0.2) is 19.2 Å². The molecule has 1 unspecified atom stereocenters. The first kappa shape index (κ1) is 13.9. The van der Waals surface area contributed by atoms with Crippen LogP contribution in [0.25, 0.3) is 0 Å². The summed E-state index contributed by atoms with van der Waals surface area (Å²) in [5.74, 6) is 0.993. The van der Waals surface area contributed by atoms with Gasteiger partial charge < -0.3 is 10.1 Å². The van der Waals surface area contributed by atoms with Crippen molar-refractivity contribution < 1.29 is 4.74 Å². The Morgan fingerprint density at radius 3 is 2.67 bits per heavy atom. The smallest absolute Gasteiger partial charge is 0.119 e. The quantitative estimate of drug-likeness (QED) is 0.831. The predicted molar refractivity (Wildman–Crippen MR) is 79.4 cm³/mol. The van der Waals surface area contributed by atoms with E-state index in [-0.39, 0.29) is 0 Å². The Labute approximate surface area is 118 Å². The van der Waals surface area contributed by atoms with Gasteiger partial charge in [-0.3, -0.25) is 0 Å². The van der Waals surface area contributed by atoms with Crippen LogP contribution in [-0.2, 0) is 0 Å². The molecule has 0 aliphatic carbocycles. The van der Waals surface area contributed by atoms with Crippen LogP contribution in [0.3, 0.4) is 0 Å². The molecule has 0 bridgehead atoms. The van der Waals surface area contributed by atoms with E-state index in [1.165, 1.54) is 41.4 Å². The summed E-state index contributed by atoms with van der Waals surface area (Å²) in [7, 11) is 0. The Morgan fingerprint density at radius 2 is 2.06 bits per heavy atom. The Bertz CT molecular complexity index is 376. The van der Waals surface area contributed by atoms with E-state index in [1.807, 2.05) is 0 Å². The van der Waals surface area contributed by atoms with Crippen molar-refractivity contribution >= 4 is 15.9 Å². The third kappa shape index (κ3) is 3.72. The van der Waals surface area contributed by atoms with Gasteiger partial charge in [0.15, 0.2) is 0 Å². The number of benzene rings is 1. The molecule has 0 radical (unpaired) electrons. The molecule has 0 amide bonds. The Balaban J connectivity index is 1.76. The van der Waals surface area contributed by atoms with Gasteiger partial charge in [-0.2, -0.15) is 0 Å². The molecule has 1 aliphatic rings. The third-order valence-corrected chi connectivity index (χ3v) is 4.79. The molecule has 0 saturated carbocycles. The van der Waals surface area contributed by atoms with Gasteiger partial charge in [-0.05, 0) is 69.3 Å². The van der Waals surface area contributed by atoms with Gasteiger partial charge in [0.05, 0.1) is 6.61 Å². The zero-order chi connectivity index (χ0) is 13.0. The number of ether oxygens (including phenoxy) is 1. The molecular formula is C15H22BrNO. The van der Waals surface area contributed by atoms with Crippen molar-refractivity contribution in [2.24, 2.45) is 0 Å². The lowest BCUT2D eigenvalue weighted by Crippen LogP contribution is -2.21. The minimum absolute atomic E-state index is 0.724. The molecule has 18 heavy (non-hydrogen) atoms. The second kappa shape index (κ2) is 6.58. The molecular weight excluding hydrogens is 290 g/mol. The maximum absolute atomic E-state index is 5.83. The molecule has 0 spiro atoms. The van der Waals surface area contributed by atoms with Crippen LogP contribution in [0.4, 0.5) is 0 Å². The Hall–Kier alpha value is -0.540. The summed E-state index contributed by atoms with van der Waals surface area (Å²) in [6.07, 6.45) is 5.02. The second-order valence-electron chi connectivity index (χ2n) is 5.16. The van der Waals surface area contributed by atoms with Crippen molar-refractivity contribution in [2.45, 2.75) is 45.6 Å². The minimum Gasteiger partial charge on any atom is -0.494 e. The summed E-state index contributed by atoms with van der Waals surface area (Å²) >= 11 is 3.58. The summed E-state index contributed by atoms with van der Waals surface area (Å²) in [6.45, 7) is 6.22. The molecule has 1 aromatic rings. The Morgan fingerprint density at radius 1 is 1.33 bits per heavy atom. The van der Waals surface area contributed by atoms with E-state index >= 15 is 0 Å². The molecule has 100 valence electrons. The van der Waals surface area contributed by atoms with Crippen LogP contribution in [0.2, 0.25) is 0 Å². The fourth-order valence-corrected chi connectivity index (χ4v) is 2.74. The second-order valence-corrected chi connectivity index (χ2v) is 5.95. The normalized spacial score (nSPS) is 19.2. The van der Waals surface area contributed by atoms with Gasteiger partial charge >= 0.3 is 0 Å². The third-order valence-electron chi connectivity index (χ3n) is 3.54. The van der Waals surface area contributed by atoms with E-state index in [1.54, 1.807) is 0 Å². The van der Waals surface area contributed by atoms with Crippen LogP contribution < -0.4 is 10.1 Å². The molecule has 2 rings (SSSR count). The van der Waals surface area contributed by atoms with Gasteiger partial charge in [0.25, 0.3) is 0 Å². The van der Waals surface area contributed by atoms with Gasteiger partial charge in [-0.15, -0.1) is 0 Å². The SMILES string of the molecule is Cc1cc(OCCCC2CCCN2)cc(C)c1Br. The zero-order valence-electron chi connectivity index (χ0n) is 11.3. The van der Waals surface area contributed by atoms with E-state index in [2.05, 4.69) is 47.2 Å². The highest BCUT2D eigenvalue weighted by atomic mass is 79.9. The predicted octanol–water partition coefficient (Wildman–Crippen LogP) is 3.98. The summed E-state index contributed by atoms with van der Waals surface area (Å²) in [5.41, 5.74) is 2.48. The average Bonchev–Trinajstić information content (AvgIpc) is 2.84. The van der Waals surface area contributed by atoms with Crippen LogP contribution in [0, 0.1) is 13.8 Å². The first-order valence-corrected chi connectivity index (χ1v) is 7.59. The maximum Gasteiger partial charge on any atom is 0.119 e. The molecule has 0 aromatic heterocycles. The monoisotopic (exact) mass is 311 g/mol. The van der Waals surface area contributed by atoms with Crippen LogP contribution in [0.1, 0.15) is 36.8 Å². The summed E-state index contributed by atoms with van der Waals surface area (Å²) < 4.78 is 7.02. The lowest BCUT2D eigenvalue weighted by Gasteiger charge is -2.12. The zero-order valence-corrected chi connectivity index (χ0v) is 12.8. The molecule has 1 saturated heterocycles. The van der Waals surface area contributed by atoms with Crippen molar-refractivity contribution in [3.05, 3.63) is 27.7 Å². The molecule has 1 N–H and O–H groups in total. The van der Waals surface area contributed by atoms with Crippen LogP contribution >= 0.6 is 15.9 Å². The standard InChI is InChI=1S/C15H22BrNO/c1-11-9-14(10-12(2)15(11)16)18-8-4-6-13-5-3-7-17-13/h9-10,13,17H,3-8H2,1-2H3. The van der Waals surface area contributed by atoms with Gasteiger partial charge in [-0.25, -0.2) is 0 Å². The summed E-state index contributed by atoms with van der Waals surface area (Å²) in [6, 6.07) is 4.93. The number of hydrogen-bond donors (Lipinski definition) is 1. The van der Waals surface area contributed by atoms with E-state index < -0.39 is 0 Å².